The summed E-state index contributed by atoms with van der Waals surface area (Å²) < 4.78 is 11.7. The molecule has 2 aliphatic carbocycles. The lowest BCUT2D eigenvalue weighted by molar-refractivity contribution is -0.109. The van der Waals surface area contributed by atoms with Gasteiger partial charge in [0.15, 0.2) is 5.76 Å². The lowest BCUT2D eigenvalue weighted by Gasteiger charge is -2.26. The number of rotatable bonds is 2. The van der Waals surface area contributed by atoms with Gasteiger partial charge in [-0.05, 0) is 18.9 Å². The van der Waals surface area contributed by atoms with Gasteiger partial charge in [-0.25, -0.2) is 0 Å². The van der Waals surface area contributed by atoms with Crippen LogP contribution in [-0.2, 0) is 14.3 Å². The molecule has 2 atom stereocenters. The van der Waals surface area contributed by atoms with Crippen molar-refractivity contribution in [3.63, 3.8) is 0 Å². The van der Waals surface area contributed by atoms with Crippen molar-refractivity contribution in [3.05, 3.63) is 23.7 Å². The summed E-state index contributed by atoms with van der Waals surface area (Å²) in [4.78, 5) is 10.00. The van der Waals surface area contributed by atoms with E-state index in [9.17, 15) is 4.79 Å². The van der Waals surface area contributed by atoms with E-state index in [1.54, 1.807) is 12.2 Å². The van der Waals surface area contributed by atoms with Crippen LogP contribution in [0.5, 0.6) is 0 Å². The van der Waals surface area contributed by atoms with E-state index in [0.717, 1.165) is 30.6 Å². The minimum atomic E-state index is -0.955. The van der Waals surface area contributed by atoms with E-state index in [1.807, 2.05) is 0 Å². The second kappa shape index (κ2) is 4.61. The molecule has 0 N–H and O–H groups in total. The zero-order valence-electron chi connectivity index (χ0n) is 10.2. The molecule has 18 heavy (non-hydrogen) atoms. The fraction of sp³-hybridized carbons (Fsp3) is 0.643. The summed E-state index contributed by atoms with van der Waals surface area (Å²) in [5.74, 6) is 1.96. The first kappa shape index (κ1) is 12.1. The Kier molecular flexibility index (Phi) is 3.10. The van der Waals surface area contributed by atoms with Crippen molar-refractivity contribution in [2.24, 2.45) is 5.92 Å². The highest BCUT2D eigenvalue weighted by Gasteiger charge is 2.39. The molecule has 1 heterocycles. The lowest BCUT2D eigenvalue weighted by atomic mass is 9.89. The highest BCUT2D eigenvalue weighted by Crippen LogP contribution is 2.41. The molecule has 0 aromatic rings. The SMILES string of the molecule is O=CC1(Cl)C=CC2=C(C1)OC(C1CCCCC1)O2. The second-order valence-electron chi connectivity index (χ2n) is 5.34. The molecule has 1 aliphatic heterocycles. The van der Waals surface area contributed by atoms with Crippen LogP contribution in [0.25, 0.3) is 0 Å². The molecule has 4 heteroatoms. The van der Waals surface area contributed by atoms with Gasteiger partial charge in [0, 0.05) is 12.3 Å². The Morgan fingerprint density at radius 1 is 1.28 bits per heavy atom. The van der Waals surface area contributed by atoms with Gasteiger partial charge >= 0.3 is 0 Å². The molecule has 0 amide bonds. The van der Waals surface area contributed by atoms with Crippen LogP contribution in [0.2, 0.25) is 0 Å². The number of alkyl halides is 1. The molecular weight excluding hydrogens is 252 g/mol. The number of carbonyl (C=O) groups excluding carboxylic acids is 1. The largest absolute Gasteiger partial charge is 0.455 e. The zero-order valence-corrected chi connectivity index (χ0v) is 11.0. The fourth-order valence-electron chi connectivity index (χ4n) is 2.87. The Hall–Kier alpha value is -0.960. The van der Waals surface area contributed by atoms with Gasteiger partial charge in [0.1, 0.15) is 16.9 Å². The standard InChI is InChI=1S/C14H17ClO3/c15-14(9-16)7-6-11-12(8-14)18-13(17-11)10-4-2-1-3-5-10/h6-7,9-10,13H,1-5,8H2. The monoisotopic (exact) mass is 268 g/mol. The van der Waals surface area contributed by atoms with E-state index in [2.05, 4.69) is 0 Å². The van der Waals surface area contributed by atoms with E-state index in [4.69, 9.17) is 21.1 Å². The number of ether oxygens (including phenoxy) is 2. The maximum atomic E-state index is 11.0. The van der Waals surface area contributed by atoms with Gasteiger partial charge in [-0.2, -0.15) is 0 Å². The van der Waals surface area contributed by atoms with Crippen molar-refractivity contribution in [3.8, 4) is 0 Å². The Balaban J connectivity index is 1.67. The van der Waals surface area contributed by atoms with Gasteiger partial charge in [-0.15, -0.1) is 11.6 Å². The third-order valence-electron chi connectivity index (χ3n) is 3.95. The minimum Gasteiger partial charge on any atom is -0.455 e. The van der Waals surface area contributed by atoms with Gasteiger partial charge in [0.25, 0.3) is 0 Å². The van der Waals surface area contributed by atoms with Gasteiger partial charge < -0.3 is 14.3 Å². The average molecular weight is 269 g/mol. The normalized spacial score (nSPS) is 35.9. The highest BCUT2D eigenvalue weighted by atomic mass is 35.5. The molecule has 3 rings (SSSR count). The Bertz CT molecular complexity index is 409. The van der Waals surface area contributed by atoms with Gasteiger partial charge in [0.05, 0.1) is 0 Å². The van der Waals surface area contributed by atoms with E-state index >= 15 is 0 Å². The molecule has 0 bridgehead atoms. The first-order chi connectivity index (χ1) is 8.70. The molecule has 1 fully saturated rings. The Morgan fingerprint density at radius 2 is 2.06 bits per heavy atom. The van der Waals surface area contributed by atoms with E-state index in [1.165, 1.54) is 19.3 Å². The molecular formula is C14H17ClO3. The molecule has 3 aliphatic rings. The summed E-state index contributed by atoms with van der Waals surface area (Å²) in [5.41, 5.74) is 0. The topological polar surface area (TPSA) is 35.5 Å². The first-order valence-electron chi connectivity index (χ1n) is 6.61. The van der Waals surface area contributed by atoms with E-state index in [0.29, 0.717) is 12.3 Å². The molecule has 0 saturated heterocycles. The van der Waals surface area contributed by atoms with Gasteiger partial charge in [0.2, 0.25) is 6.29 Å². The molecule has 3 nitrogen and oxygen atoms in total. The van der Waals surface area contributed by atoms with Gasteiger partial charge in [-0.1, -0.05) is 25.3 Å². The summed E-state index contributed by atoms with van der Waals surface area (Å²) in [7, 11) is 0. The molecule has 0 aromatic carbocycles. The first-order valence-corrected chi connectivity index (χ1v) is 6.99. The van der Waals surface area contributed by atoms with Crippen LogP contribution >= 0.6 is 11.6 Å². The summed E-state index contributed by atoms with van der Waals surface area (Å²) in [6.45, 7) is 0. The summed E-state index contributed by atoms with van der Waals surface area (Å²) in [6.07, 6.45) is 10.6. The van der Waals surface area contributed by atoms with Crippen molar-refractivity contribution in [2.45, 2.75) is 49.7 Å². The minimum absolute atomic E-state index is 0.175. The van der Waals surface area contributed by atoms with Crippen LogP contribution in [0.4, 0.5) is 0 Å². The predicted octanol–water partition coefficient (Wildman–Crippen LogP) is 3.29. The summed E-state index contributed by atoms with van der Waals surface area (Å²) in [5, 5.41) is 0. The zero-order chi connectivity index (χ0) is 12.6. The molecule has 0 spiro atoms. The van der Waals surface area contributed by atoms with Crippen molar-refractivity contribution < 1.29 is 14.3 Å². The molecule has 0 aromatic heterocycles. The van der Waals surface area contributed by atoms with Crippen molar-refractivity contribution in [1.29, 1.82) is 0 Å². The van der Waals surface area contributed by atoms with Crippen LogP contribution in [0.1, 0.15) is 38.5 Å². The molecule has 1 saturated carbocycles. The third-order valence-corrected chi connectivity index (χ3v) is 4.30. The van der Waals surface area contributed by atoms with E-state index < -0.39 is 4.87 Å². The highest BCUT2D eigenvalue weighted by molar-refractivity contribution is 6.33. The van der Waals surface area contributed by atoms with Crippen molar-refractivity contribution in [1.82, 2.24) is 0 Å². The number of hydrogen-bond donors (Lipinski definition) is 0. The van der Waals surface area contributed by atoms with Crippen LogP contribution in [0, 0.1) is 5.92 Å². The summed E-state index contributed by atoms with van der Waals surface area (Å²) >= 11 is 6.14. The van der Waals surface area contributed by atoms with E-state index in [-0.39, 0.29) is 6.29 Å². The number of allylic oxidation sites excluding steroid dienone is 3. The number of hydrogen-bond acceptors (Lipinski definition) is 3. The van der Waals surface area contributed by atoms with Gasteiger partial charge in [-0.3, -0.25) is 0 Å². The smallest absolute Gasteiger partial charge is 0.243 e. The summed E-state index contributed by atoms with van der Waals surface area (Å²) in [6, 6.07) is 0. The maximum absolute atomic E-state index is 11.0. The predicted molar refractivity (Wildman–Crippen MR) is 68.0 cm³/mol. The molecule has 2 unspecified atom stereocenters. The molecule has 98 valence electrons. The Labute approximate surface area is 112 Å². The van der Waals surface area contributed by atoms with Crippen molar-refractivity contribution >= 4 is 17.9 Å². The number of carbonyl (C=O) groups is 1. The number of halogens is 1. The second-order valence-corrected chi connectivity index (χ2v) is 6.05. The fourth-order valence-corrected chi connectivity index (χ4v) is 3.06. The number of aldehydes is 1. The van der Waals surface area contributed by atoms with Crippen LogP contribution in [0.15, 0.2) is 23.7 Å². The third kappa shape index (κ3) is 2.16. The lowest BCUT2D eigenvalue weighted by Crippen LogP contribution is -2.25. The van der Waals surface area contributed by atoms with Crippen molar-refractivity contribution in [2.75, 3.05) is 0 Å². The molecule has 0 radical (unpaired) electrons. The van der Waals surface area contributed by atoms with Crippen LogP contribution in [0.3, 0.4) is 0 Å². The van der Waals surface area contributed by atoms with Crippen LogP contribution < -0.4 is 0 Å². The quantitative estimate of drug-likeness (QED) is 0.569. The van der Waals surface area contributed by atoms with Crippen LogP contribution in [-0.4, -0.2) is 17.5 Å². The maximum Gasteiger partial charge on any atom is 0.243 e. The Morgan fingerprint density at radius 3 is 2.78 bits per heavy atom. The average Bonchev–Trinajstić information content (AvgIpc) is 2.82.